The Bertz CT molecular complexity index is 553. The Balaban J connectivity index is 1.78. The predicted octanol–water partition coefficient (Wildman–Crippen LogP) is 3.69. The largest absolute Gasteiger partial charge is 0.367 e. The lowest BCUT2D eigenvalue weighted by Crippen LogP contribution is -2.42. The summed E-state index contributed by atoms with van der Waals surface area (Å²) in [5, 5.41) is 5.29. The number of ether oxygens (including phenoxy) is 1. The number of rotatable bonds is 3. The second-order valence-electron chi connectivity index (χ2n) is 5.49. The third-order valence-corrected chi connectivity index (χ3v) is 4.89. The van der Waals surface area contributed by atoms with Crippen LogP contribution in [0.3, 0.4) is 0 Å². The molecule has 6 heteroatoms. The van der Waals surface area contributed by atoms with Crippen molar-refractivity contribution in [2.45, 2.75) is 38.9 Å². The summed E-state index contributed by atoms with van der Waals surface area (Å²) in [6.45, 7) is 8.11. The van der Waals surface area contributed by atoms with Crippen LogP contribution in [0.1, 0.15) is 44.2 Å². The molecular formula is C14H19N3OS2. The zero-order valence-electron chi connectivity index (χ0n) is 11.9. The predicted molar refractivity (Wildman–Crippen MR) is 83.8 cm³/mol. The van der Waals surface area contributed by atoms with Crippen LogP contribution in [0.25, 0.3) is 0 Å². The molecule has 0 bridgehead atoms. The number of thiophene rings is 1. The standard InChI is InChI=1S/C14H19N3OS2/c1-9(2)13-15-14(20-16-13)17-6-10(3)18-12(7-17)11-4-5-19-8-11/h4-5,8-10,12H,6-7H2,1-3H3. The van der Waals surface area contributed by atoms with Crippen molar-refractivity contribution in [3.8, 4) is 0 Å². The first-order valence-corrected chi connectivity index (χ1v) is 8.61. The van der Waals surface area contributed by atoms with E-state index in [0.717, 1.165) is 24.0 Å². The first-order chi connectivity index (χ1) is 9.63. The number of hydrogen-bond acceptors (Lipinski definition) is 6. The van der Waals surface area contributed by atoms with Crippen LogP contribution in [0.15, 0.2) is 16.8 Å². The summed E-state index contributed by atoms with van der Waals surface area (Å²) < 4.78 is 10.5. The van der Waals surface area contributed by atoms with Gasteiger partial charge >= 0.3 is 0 Å². The highest BCUT2D eigenvalue weighted by Gasteiger charge is 2.28. The lowest BCUT2D eigenvalue weighted by molar-refractivity contribution is -0.0171. The molecule has 2 aromatic heterocycles. The number of aromatic nitrogens is 2. The van der Waals surface area contributed by atoms with Crippen LogP contribution in [-0.2, 0) is 4.74 Å². The number of morpholine rings is 1. The van der Waals surface area contributed by atoms with Crippen molar-refractivity contribution in [3.63, 3.8) is 0 Å². The monoisotopic (exact) mass is 309 g/mol. The van der Waals surface area contributed by atoms with E-state index in [-0.39, 0.29) is 12.2 Å². The second-order valence-corrected chi connectivity index (χ2v) is 7.00. The number of anilines is 1. The van der Waals surface area contributed by atoms with Crippen molar-refractivity contribution < 1.29 is 4.74 Å². The first-order valence-electron chi connectivity index (χ1n) is 6.89. The molecule has 3 rings (SSSR count). The fourth-order valence-electron chi connectivity index (χ4n) is 2.34. The Morgan fingerprint density at radius 2 is 2.25 bits per heavy atom. The van der Waals surface area contributed by atoms with E-state index in [1.807, 2.05) is 0 Å². The topological polar surface area (TPSA) is 38.2 Å². The molecule has 0 aliphatic carbocycles. The molecule has 2 unspecified atom stereocenters. The van der Waals surface area contributed by atoms with E-state index >= 15 is 0 Å². The van der Waals surface area contributed by atoms with Crippen LogP contribution in [0.2, 0.25) is 0 Å². The molecule has 108 valence electrons. The molecule has 4 nitrogen and oxygen atoms in total. The van der Waals surface area contributed by atoms with Gasteiger partial charge in [-0.2, -0.15) is 15.7 Å². The van der Waals surface area contributed by atoms with Crippen LogP contribution < -0.4 is 4.90 Å². The molecule has 2 atom stereocenters. The minimum absolute atomic E-state index is 0.136. The lowest BCUT2D eigenvalue weighted by Gasteiger charge is -2.36. The molecule has 2 aromatic rings. The van der Waals surface area contributed by atoms with Gasteiger partial charge in [-0.05, 0) is 29.3 Å². The van der Waals surface area contributed by atoms with Crippen LogP contribution in [0.5, 0.6) is 0 Å². The van der Waals surface area contributed by atoms with Gasteiger partial charge in [0.05, 0.1) is 12.6 Å². The number of nitrogens with zero attached hydrogens (tertiary/aromatic N) is 3. The molecule has 3 heterocycles. The molecule has 0 aromatic carbocycles. The van der Waals surface area contributed by atoms with E-state index < -0.39 is 0 Å². The highest BCUT2D eigenvalue weighted by Crippen LogP contribution is 2.31. The molecule has 1 aliphatic heterocycles. The fraction of sp³-hybridized carbons (Fsp3) is 0.571. The highest BCUT2D eigenvalue weighted by molar-refractivity contribution is 7.09. The summed E-state index contributed by atoms with van der Waals surface area (Å²) in [7, 11) is 0. The Kier molecular flexibility index (Phi) is 4.05. The summed E-state index contributed by atoms with van der Waals surface area (Å²) in [5.41, 5.74) is 1.26. The highest BCUT2D eigenvalue weighted by atomic mass is 32.1. The van der Waals surface area contributed by atoms with Crippen LogP contribution in [-0.4, -0.2) is 28.6 Å². The Hall–Kier alpha value is -0.980. The van der Waals surface area contributed by atoms with Gasteiger partial charge < -0.3 is 9.64 Å². The molecule has 1 aliphatic rings. The van der Waals surface area contributed by atoms with Gasteiger partial charge in [0.15, 0.2) is 0 Å². The molecule has 0 radical (unpaired) electrons. The zero-order valence-corrected chi connectivity index (χ0v) is 13.6. The third-order valence-electron chi connectivity index (χ3n) is 3.39. The van der Waals surface area contributed by atoms with E-state index in [2.05, 4.69) is 51.9 Å². The van der Waals surface area contributed by atoms with E-state index in [9.17, 15) is 0 Å². The van der Waals surface area contributed by atoms with Crippen LogP contribution >= 0.6 is 22.9 Å². The summed E-state index contributed by atoms with van der Waals surface area (Å²) in [6, 6.07) is 2.14. The molecule has 0 spiro atoms. The van der Waals surface area contributed by atoms with Crippen LogP contribution in [0, 0.1) is 0 Å². The fourth-order valence-corrected chi connectivity index (χ4v) is 3.87. The number of hydrogen-bond donors (Lipinski definition) is 0. The van der Waals surface area contributed by atoms with Crippen molar-refractivity contribution >= 4 is 28.0 Å². The van der Waals surface area contributed by atoms with Gasteiger partial charge in [0.25, 0.3) is 0 Å². The van der Waals surface area contributed by atoms with E-state index in [4.69, 9.17) is 4.74 Å². The summed E-state index contributed by atoms with van der Waals surface area (Å²) in [5.74, 6) is 1.32. The molecule has 1 saturated heterocycles. The molecule has 0 saturated carbocycles. The Labute approximate surface area is 127 Å². The van der Waals surface area contributed by atoms with Crippen molar-refractivity contribution in [1.29, 1.82) is 0 Å². The van der Waals surface area contributed by atoms with Gasteiger partial charge in [-0.15, -0.1) is 0 Å². The molecular weight excluding hydrogens is 290 g/mol. The van der Waals surface area contributed by atoms with Crippen molar-refractivity contribution in [1.82, 2.24) is 9.36 Å². The lowest BCUT2D eigenvalue weighted by atomic mass is 10.1. The SMILES string of the molecule is CC1CN(c2nc(C(C)C)ns2)CC(c2ccsc2)O1. The van der Waals surface area contributed by atoms with Gasteiger partial charge in [0.2, 0.25) is 5.13 Å². The minimum Gasteiger partial charge on any atom is -0.367 e. The maximum absolute atomic E-state index is 6.06. The molecule has 0 amide bonds. The first kappa shape index (κ1) is 14.0. The molecule has 1 fully saturated rings. The van der Waals surface area contributed by atoms with Gasteiger partial charge in [-0.1, -0.05) is 13.8 Å². The zero-order chi connectivity index (χ0) is 14.1. The summed E-state index contributed by atoms with van der Waals surface area (Å²) in [6.07, 6.45) is 0.344. The van der Waals surface area contributed by atoms with E-state index in [1.54, 1.807) is 11.3 Å². The maximum Gasteiger partial charge on any atom is 0.205 e. The molecule has 20 heavy (non-hydrogen) atoms. The second kappa shape index (κ2) is 5.79. The summed E-state index contributed by atoms with van der Waals surface area (Å²) in [4.78, 5) is 6.97. The average Bonchev–Trinajstić information content (AvgIpc) is 3.10. The van der Waals surface area contributed by atoms with Gasteiger partial charge in [0.1, 0.15) is 11.9 Å². The van der Waals surface area contributed by atoms with Crippen molar-refractivity contribution in [3.05, 3.63) is 28.2 Å². The van der Waals surface area contributed by atoms with Gasteiger partial charge in [-0.25, -0.2) is 4.98 Å². The molecule has 0 N–H and O–H groups in total. The van der Waals surface area contributed by atoms with Gasteiger partial charge in [0, 0.05) is 24.0 Å². The minimum atomic E-state index is 0.136. The Morgan fingerprint density at radius 1 is 1.40 bits per heavy atom. The van der Waals surface area contributed by atoms with E-state index in [1.165, 1.54) is 17.1 Å². The van der Waals surface area contributed by atoms with Crippen molar-refractivity contribution in [2.75, 3.05) is 18.0 Å². The Morgan fingerprint density at radius 3 is 2.90 bits per heavy atom. The average molecular weight is 309 g/mol. The normalized spacial score (nSPS) is 23.5. The van der Waals surface area contributed by atoms with Gasteiger partial charge in [-0.3, -0.25) is 0 Å². The quantitative estimate of drug-likeness (QED) is 0.866. The van der Waals surface area contributed by atoms with E-state index in [0.29, 0.717) is 5.92 Å². The maximum atomic E-state index is 6.06. The van der Waals surface area contributed by atoms with Crippen molar-refractivity contribution in [2.24, 2.45) is 0 Å². The summed E-state index contributed by atoms with van der Waals surface area (Å²) >= 11 is 3.21. The smallest absolute Gasteiger partial charge is 0.205 e. The van der Waals surface area contributed by atoms with Crippen LogP contribution in [0.4, 0.5) is 5.13 Å². The third kappa shape index (κ3) is 2.87.